The number of methoxy groups -OCH3 is 1. The Morgan fingerprint density at radius 1 is 1.21 bits per heavy atom. The van der Waals surface area contributed by atoms with E-state index < -0.39 is 10.0 Å². The van der Waals surface area contributed by atoms with Crippen molar-refractivity contribution >= 4 is 33.6 Å². The fourth-order valence-electron chi connectivity index (χ4n) is 3.97. The van der Waals surface area contributed by atoms with E-state index in [1.54, 1.807) is 19.2 Å². The molecule has 5 rings (SSSR count). The number of rotatable bonds is 6. The zero-order valence-electron chi connectivity index (χ0n) is 21.4. The van der Waals surface area contributed by atoms with Gasteiger partial charge in [-0.25, -0.2) is 8.42 Å². The molecule has 0 aliphatic carbocycles. The molecule has 3 heterocycles. The molecule has 2 aromatic rings. The second-order valence-electron chi connectivity index (χ2n) is 9.31. The van der Waals surface area contributed by atoms with Crippen LogP contribution in [-0.4, -0.2) is 38.9 Å². The van der Waals surface area contributed by atoms with Crippen molar-refractivity contribution in [2.75, 3.05) is 23.0 Å². The molecule has 8 nitrogen and oxygen atoms in total. The van der Waals surface area contributed by atoms with Crippen molar-refractivity contribution in [3.8, 4) is 5.75 Å². The van der Waals surface area contributed by atoms with Crippen LogP contribution in [0.5, 0.6) is 5.75 Å². The molecule has 0 radical (unpaired) electrons. The van der Waals surface area contributed by atoms with Crippen LogP contribution in [0, 0.1) is 0 Å². The molecular formula is C24H30KN5O3S. The van der Waals surface area contributed by atoms with Crippen LogP contribution in [0.3, 0.4) is 0 Å². The summed E-state index contributed by atoms with van der Waals surface area (Å²) in [4.78, 5) is 1.98. The SMILES string of the molecule is COc1c(/C=C/c2ccc(NS(C)(=O)=O)cc2)cc(N2C=CC3NC2[N+]3=[N-])cc1C(C)(C)C.[H-].[K+]. The van der Waals surface area contributed by atoms with Crippen LogP contribution in [0.25, 0.3) is 17.7 Å². The van der Waals surface area contributed by atoms with Gasteiger partial charge in [-0.3, -0.25) is 14.3 Å². The fourth-order valence-corrected chi connectivity index (χ4v) is 4.53. The number of nitrogens with one attached hydrogen (secondary N) is 2. The number of ether oxygens (including phenoxy) is 1. The molecule has 10 heteroatoms. The number of benzene rings is 2. The van der Waals surface area contributed by atoms with Crippen molar-refractivity contribution in [1.29, 1.82) is 0 Å². The average molecular weight is 508 g/mol. The van der Waals surface area contributed by atoms with Crippen LogP contribution in [-0.2, 0) is 15.4 Å². The molecule has 1 saturated heterocycles. The number of anilines is 2. The van der Waals surface area contributed by atoms with Gasteiger partial charge >= 0.3 is 51.4 Å². The summed E-state index contributed by atoms with van der Waals surface area (Å²) < 4.78 is 32.4. The summed E-state index contributed by atoms with van der Waals surface area (Å²) >= 11 is 0. The molecule has 0 spiro atoms. The maximum atomic E-state index is 11.4. The number of nitrogens with zero attached hydrogens (tertiary/aromatic N) is 3. The number of hydrogen-bond donors (Lipinski definition) is 2. The quantitative estimate of drug-likeness (QED) is 0.348. The zero-order valence-corrected chi connectivity index (χ0v) is 24.3. The minimum atomic E-state index is -3.31. The van der Waals surface area contributed by atoms with Gasteiger partial charge < -0.3 is 11.7 Å². The Labute approximate surface area is 245 Å². The second kappa shape index (κ2) is 10.2. The molecule has 34 heavy (non-hydrogen) atoms. The molecule has 2 atom stereocenters. The Bertz CT molecular complexity index is 1260. The van der Waals surface area contributed by atoms with Gasteiger partial charge in [0.2, 0.25) is 16.2 Å². The first kappa shape index (κ1) is 27.1. The van der Waals surface area contributed by atoms with Crippen molar-refractivity contribution in [3.63, 3.8) is 0 Å². The second-order valence-corrected chi connectivity index (χ2v) is 11.1. The van der Waals surface area contributed by atoms with E-state index >= 15 is 0 Å². The van der Waals surface area contributed by atoms with E-state index in [0.29, 0.717) is 5.69 Å². The molecule has 2 N–H and O–H groups in total. The normalized spacial score (nSPS) is 19.6. The molecule has 2 unspecified atom stereocenters. The van der Waals surface area contributed by atoms with Crippen LogP contribution in [0.2, 0.25) is 0 Å². The molecule has 1 fully saturated rings. The van der Waals surface area contributed by atoms with Crippen molar-refractivity contribution in [1.82, 2.24) is 5.32 Å². The standard InChI is InChI=1S/C24H29N5O3S.K.H/c1-24(2,3)20-15-19(28-13-12-21-26-23(28)29(21)25)14-17(22(20)32-4)9-6-16-7-10-18(11-8-16)27-33(5,30)31;;/h6-15,21,23,26-27H,1-5H3;;/q;+1;-1/b9-6+;;. The summed E-state index contributed by atoms with van der Waals surface area (Å²) in [6, 6.07) is 11.3. The van der Waals surface area contributed by atoms with E-state index in [2.05, 4.69) is 36.9 Å². The van der Waals surface area contributed by atoms with Crippen molar-refractivity contribution in [2.45, 2.75) is 38.6 Å². The summed E-state index contributed by atoms with van der Waals surface area (Å²) in [5, 5.41) is 3.28. The molecule has 2 bridgehead atoms. The average Bonchev–Trinajstić information content (AvgIpc) is 2.75. The Hall–Kier alpha value is -1.53. The van der Waals surface area contributed by atoms with Gasteiger partial charge in [-0.15, -0.1) is 0 Å². The van der Waals surface area contributed by atoms with Crippen LogP contribution < -0.4 is 71.1 Å². The first-order valence-electron chi connectivity index (χ1n) is 10.6. The molecule has 2 aromatic carbocycles. The van der Waals surface area contributed by atoms with Crippen molar-refractivity contribution in [2.24, 2.45) is 0 Å². The van der Waals surface area contributed by atoms with Crippen molar-refractivity contribution in [3.05, 3.63) is 70.9 Å². The van der Waals surface area contributed by atoms with E-state index in [-0.39, 0.29) is 70.7 Å². The number of hydrogen-bond acceptors (Lipinski definition) is 5. The third-order valence-corrected chi connectivity index (χ3v) is 6.24. The first-order valence-corrected chi connectivity index (χ1v) is 12.5. The van der Waals surface area contributed by atoms with Crippen LogP contribution in [0.1, 0.15) is 38.9 Å². The third kappa shape index (κ3) is 5.81. The van der Waals surface area contributed by atoms with Crippen LogP contribution >= 0.6 is 0 Å². The Kier molecular flexibility index (Phi) is 8.13. The van der Waals surface area contributed by atoms with E-state index in [1.165, 1.54) is 4.70 Å². The van der Waals surface area contributed by atoms with Gasteiger partial charge in [-0.1, -0.05) is 45.1 Å². The summed E-state index contributed by atoms with van der Waals surface area (Å²) in [7, 11) is -1.65. The van der Waals surface area contributed by atoms with E-state index in [1.807, 2.05) is 47.5 Å². The summed E-state index contributed by atoms with van der Waals surface area (Å²) in [5.74, 6) is 0.791. The van der Waals surface area contributed by atoms with Crippen molar-refractivity contribution < 1.29 is 70.7 Å². The summed E-state index contributed by atoms with van der Waals surface area (Å²) in [6.45, 7) is 6.41. The summed E-state index contributed by atoms with van der Waals surface area (Å²) in [5.41, 5.74) is 14.3. The largest absolute Gasteiger partial charge is 1.00 e. The van der Waals surface area contributed by atoms with Gasteiger partial charge in [-0.05, 0) is 35.2 Å². The fraction of sp³-hybridized carbons (Fsp3) is 0.333. The Balaban J connectivity index is 0.00000216. The zero-order chi connectivity index (χ0) is 24.0. The van der Waals surface area contributed by atoms with E-state index in [9.17, 15) is 13.9 Å². The predicted molar refractivity (Wildman–Crippen MR) is 133 cm³/mol. The van der Waals surface area contributed by atoms with Gasteiger partial charge in [0.25, 0.3) is 6.29 Å². The van der Waals surface area contributed by atoms with Gasteiger partial charge in [0.1, 0.15) is 5.75 Å². The Morgan fingerprint density at radius 3 is 2.41 bits per heavy atom. The monoisotopic (exact) mass is 507 g/mol. The first-order chi connectivity index (χ1) is 15.5. The number of sulfonamides is 1. The minimum Gasteiger partial charge on any atom is -1.00 e. The third-order valence-electron chi connectivity index (χ3n) is 5.63. The molecule has 0 saturated carbocycles. The van der Waals surface area contributed by atoms with E-state index in [4.69, 9.17) is 4.74 Å². The molecule has 0 aromatic heterocycles. The minimum absolute atomic E-state index is 0. The molecular weight excluding hydrogens is 477 g/mol. The maximum Gasteiger partial charge on any atom is 1.00 e. The predicted octanol–water partition coefficient (Wildman–Crippen LogP) is 1.23. The van der Waals surface area contributed by atoms with Crippen LogP contribution in [0.15, 0.2) is 48.7 Å². The van der Waals surface area contributed by atoms with Gasteiger partial charge in [0, 0.05) is 34.8 Å². The maximum absolute atomic E-state index is 11.4. The van der Waals surface area contributed by atoms with E-state index in [0.717, 1.165) is 34.4 Å². The topological polar surface area (TPSA) is 96.0 Å². The molecule has 0 amide bonds. The van der Waals surface area contributed by atoms with Gasteiger partial charge in [0.15, 0.2) is 0 Å². The molecule has 3 aliphatic rings. The molecule has 176 valence electrons. The van der Waals surface area contributed by atoms with Crippen LogP contribution in [0.4, 0.5) is 11.4 Å². The smallest absolute Gasteiger partial charge is 1.00 e. The number of fused-ring (bicyclic) bond motifs is 1. The molecule has 3 aliphatic heterocycles. The summed E-state index contributed by atoms with van der Waals surface area (Å²) in [6.07, 6.45) is 8.49. The Morgan fingerprint density at radius 2 is 1.88 bits per heavy atom. The van der Waals surface area contributed by atoms with Gasteiger partial charge in [0.05, 0.1) is 13.4 Å². The van der Waals surface area contributed by atoms with Gasteiger partial charge in [-0.2, -0.15) is 5.32 Å².